The number of ether oxygens (including phenoxy) is 1. The minimum atomic E-state index is -2.82. The zero-order valence-corrected chi connectivity index (χ0v) is 10.5. The number of carbonyl (C=O) groups excluding carboxylic acids is 1. The SMILES string of the molecule is CCOC(=O)Cc1c(N)cc(CCl)nc1C(F)F. The second-order valence-corrected chi connectivity index (χ2v) is 3.75. The summed E-state index contributed by atoms with van der Waals surface area (Å²) in [4.78, 5) is 15.0. The number of anilines is 1. The van der Waals surface area contributed by atoms with Gasteiger partial charge >= 0.3 is 5.97 Å². The van der Waals surface area contributed by atoms with Crippen molar-refractivity contribution in [1.29, 1.82) is 0 Å². The number of nitrogens with two attached hydrogens (primary N) is 1. The Morgan fingerprint density at radius 3 is 2.78 bits per heavy atom. The average molecular weight is 279 g/mol. The maximum absolute atomic E-state index is 12.8. The van der Waals surface area contributed by atoms with Crippen molar-refractivity contribution < 1.29 is 18.3 Å². The fourth-order valence-corrected chi connectivity index (χ4v) is 1.60. The van der Waals surface area contributed by atoms with Gasteiger partial charge < -0.3 is 10.5 Å². The molecule has 4 nitrogen and oxygen atoms in total. The maximum atomic E-state index is 12.8. The molecule has 0 atom stereocenters. The van der Waals surface area contributed by atoms with Crippen LogP contribution in [0.4, 0.5) is 14.5 Å². The van der Waals surface area contributed by atoms with Gasteiger partial charge in [-0.05, 0) is 13.0 Å². The highest BCUT2D eigenvalue weighted by Gasteiger charge is 2.21. The second-order valence-electron chi connectivity index (χ2n) is 3.48. The molecule has 0 aliphatic rings. The van der Waals surface area contributed by atoms with Gasteiger partial charge in [-0.3, -0.25) is 9.78 Å². The molecule has 0 unspecified atom stereocenters. The lowest BCUT2D eigenvalue weighted by molar-refractivity contribution is -0.142. The van der Waals surface area contributed by atoms with Crippen LogP contribution in [-0.4, -0.2) is 17.6 Å². The maximum Gasteiger partial charge on any atom is 0.310 e. The molecule has 7 heteroatoms. The van der Waals surface area contributed by atoms with Crippen molar-refractivity contribution in [2.75, 3.05) is 12.3 Å². The molecule has 0 aromatic carbocycles. The van der Waals surface area contributed by atoms with Crippen molar-refractivity contribution in [2.24, 2.45) is 0 Å². The number of hydrogen-bond acceptors (Lipinski definition) is 4. The third-order valence-electron chi connectivity index (χ3n) is 2.21. The highest BCUT2D eigenvalue weighted by Crippen LogP contribution is 2.27. The Bertz CT molecular complexity index is 441. The van der Waals surface area contributed by atoms with Crippen LogP contribution in [-0.2, 0) is 21.8 Å². The van der Waals surface area contributed by atoms with E-state index in [0.29, 0.717) is 0 Å². The van der Waals surface area contributed by atoms with Crippen molar-refractivity contribution in [3.8, 4) is 0 Å². The first-order valence-electron chi connectivity index (χ1n) is 5.27. The van der Waals surface area contributed by atoms with E-state index >= 15 is 0 Å². The Labute approximate surface area is 108 Å². The highest BCUT2D eigenvalue weighted by molar-refractivity contribution is 6.16. The molecule has 2 N–H and O–H groups in total. The monoisotopic (exact) mass is 278 g/mol. The molecule has 1 heterocycles. The zero-order valence-electron chi connectivity index (χ0n) is 9.75. The molecule has 1 rings (SSSR count). The standard InChI is InChI=1S/C11H13ClF2N2O2/c1-2-18-9(17)4-7-8(15)3-6(5-12)16-10(7)11(13)14/h3,11H,2,4-5H2,1H3,(H2,15,16). The van der Waals surface area contributed by atoms with Crippen LogP contribution in [0.15, 0.2) is 6.07 Å². The molecule has 18 heavy (non-hydrogen) atoms. The van der Waals surface area contributed by atoms with Crippen LogP contribution in [0.3, 0.4) is 0 Å². The summed E-state index contributed by atoms with van der Waals surface area (Å²) >= 11 is 5.53. The minimum Gasteiger partial charge on any atom is -0.466 e. The molecule has 0 fully saturated rings. The van der Waals surface area contributed by atoms with Crippen molar-refractivity contribution in [1.82, 2.24) is 4.98 Å². The Morgan fingerprint density at radius 2 is 2.28 bits per heavy atom. The van der Waals surface area contributed by atoms with Crippen LogP contribution in [0.5, 0.6) is 0 Å². The molecule has 0 aliphatic heterocycles. The molecule has 0 saturated carbocycles. The Balaban J connectivity index is 3.12. The number of halogens is 3. The van der Waals surface area contributed by atoms with Gasteiger partial charge in [-0.15, -0.1) is 11.6 Å². The van der Waals surface area contributed by atoms with Gasteiger partial charge in [0, 0.05) is 11.3 Å². The lowest BCUT2D eigenvalue weighted by Gasteiger charge is -2.12. The van der Waals surface area contributed by atoms with Crippen LogP contribution in [0.2, 0.25) is 0 Å². The molecule has 0 amide bonds. The van der Waals surface area contributed by atoms with Gasteiger partial charge in [0.1, 0.15) is 5.69 Å². The summed E-state index contributed by atoms with van der Waals surface area (Å²) in [5, 5.41) is 0. The van der Waals surface area contributed by atoms with Crippen LogP contribution in [0.25, 0.3) is 0 Å². The van der Waals surface area contributed by atoms with E-state index in [1.807, 2.05) is 0 Å². The smallest absolute Gasteiger partial charge is 0.310 e. The predicted octanol–water partition coefficient (Wildman–Crippen LogP) is 2.45. The van der Waals surface area contributed by atoms with Crippen molar-refractivity contribution >= 4 is 23.3 Å². The van der Waals surface area contributed by atoms with Gasteiger partial charge in [-0.25, -0.2) is 8.78 Å². The number of esters is 1. The highest BCUT2D eigenvalue weighted by atomic mass is 35.5. The number of nitrogens with zero attached hydrogens (tertiary/aromatic N) is 1. The largest absolute Gasteiger partial charge is 0.466 e. The van der Waals surface area contributed by atoms with Crippen LogP contribution in [0, 0.1) is 0 Å². The van der Waals surface area contributed by atoms with E-state index in [1.54, 1.807) is 6.92 Å². The molecule has 1 aromatic heterocycles. The number of alkyl halides is 3. The molecule has 0 saturated heterocycles. The summed E-state index contributed by atoms with van der Waals surface area (Å²) in [6, 6.07) is 1.38. The first-order valence-corrected chi connectivity index (χ1v) is 5.80. The molecule has 100 valence electrons. The molecule has 0 aliphatic carbocycles. The molecule has 0 spiro atoms. The number of pyridine rings is 1. The van der Waals surface area contributed by atoms with Crippen molar-refractivity contribution in [3.05, 3.63) is 23.0 Å². The van der Waals surface area contributed by atoms with Gasteiger partial charge in [0.2, 0.25) is 0 Å². The van der Waals surface area contributed by atoms with Crippen LogP contribution < -0.4 is 5.73 Å². The summed E-state index contributed by atoms with van der Waals surface area (Å²) in [6.45, 7) is 1.81. The third kappa shape index (κ3) is 3.53. The Morgan fingerprint density at radius 1 is 1.61 bits per heavy atom. The van der Waals surface area contributed by atoms with Gasteiger partial charge in [0.15, 0.2) is 0 Å². The summed E-state index contributed by atoms with van der Waals surface area (Å²) in [5.74, 6) is -0.643. The predicted molar refractivity (Wildman–Crippen MR) is 63.5 cm³/mol. The number of nitrogen functional groups attached to an aromatic ring is 1. The lowest BCUT2D eigenvalue weighted by atomic mass is 10.1. The van der Waals surface area contributed by atoms with E-state index in [0.717, 1.165) is 0 Å². The Hall–Kier alpha value is -1.43. The molecule has 1 aromatic rings. The normalized spacial score (nSPS) is 10.7. The third-order valence-corrected chi connectivity index (χ3v) is 2.49. The molecule has 0 bridgehead atoms. The van der Waals surface area contributed by atoms with E-state index in [4.69, 9.17) is 22.1 Å². The number of carbonyl (C=O) groups is 1. The van der Waals surface area contributed by atoms with Crippen molar-refractivity contribution in [2.45, 2.75) is 25.7 Å². The fraction of sp³-hybridized carbons (Fsp3) is 0.455. The van der Waals surface area contributed by atoms with Gasteiger partial charge in [0.25, 0.3) is 6.43 Å². The number of rotatable bonds is 5. The fourth-order valence-electron chi connectivity index (χ4n) is 1.47. The first kappa shape index (κ1) is 14.6. The van der Waals surface area contributed by atoms with Gasteiger partial charge in [-0.2, -0.15) is 0 Å². The topological polar surface area (TPSA) is 65.2 Å². The minimum absolute atomic E-state index is 0.00248. The lowest BCUT2D eigenvalue weighted by Crippen LogP contribution is -2.13. The van der Waals surface area contributed by atoms with Crippen LogP contribution in [0.1, 0.15) is 30.3 Å². The zero-order chi connectivity index (χ0) is 13.7. The Kier molecular flexibility index (Phi) is 5.27. The molecule has 0 radical (unpaired) electrons. The number of hydrogen-bond donors (Lipinski definition) is 1. The molecular formula is C11H13ClF2N2O2. The summed E-state index contributed by atoms with van der Waals surface area (Å²) in [5.41, 5.74) is 5.44. The second kappa shape index (κ2) is 6.49. The summed E-state index contributed by atoms with van der Waals surface area (Å²) in [7, 11) is 0. The van der Waals surface area contributed by atoms with E-state index in [1.165, 1.54) is 6.07 Å². The summed E-state index contributed by atoms with van der Waals surface area (Å²) < 4.78 is 30.4. The van der Waals surface area contributed by atoms with Gasteiger partial charge in [0.05, 0.1) is 24.6 Å². The van der Waals surface area contributed by atoms with E-state index in [-0.39, 0.29) is 35.9 Å². The summed E-state index contributed by atoms with van der Waals surface area (Å²) in [6.07, 6.45) is -3.14. The van der Waals surface area contributed by atoms with E-state index in [9.17, 15) is 13.6 Å². The van der Waals surface area contributed by atoms with Crippen molar-refractivity contribution in [3.63, 3.8) is 0 Å². The average Bonchev–Trinajstić information content (AvgIpc) is 2.31. The van der Waals surface area contributed by atoms with Gasteiger partial charge in [-0.1, -0.05) is 0 Å². The van der Waals surface area contributed by atoms with Crippen LogP contribution >= 0.6 is 11.6 Å². The van der Waals surface area contributed by atoms with E-state index < -0.39 is 18.1 Å². The first-order chi connectivity index (χ1) is 8.49. The quantitative estimate of drug-likeness (QED) is 0.664. The molecular weight excluding hydrogens is 266 g/mol. The number of aromatic nitrogens is 1. The van der Waals surface area contributed by atoms with E-state index in [2.05, 4.69) is 4.98 Å².